The number of nitrogens with two attached hydrogens (primary N) is 1. The molecule has 2 rings (SSSR count). The van der Waals surface area contributed by atoms with Crippen molar-refractivity contribution in [3.8, 4) is 5.75 Å². The van der Waals surface area contributed by atoms with Gasteiger partial charge in [0.15, 0.2) is 0 Å². The van der Waals surface area contributed by atoms with Crippen LogP contribution in [-0.2, 0) is 21.2 Å². The molecule has 0 aromatic heterocycles. The lowest BCUT2D eigenvalue weighted by Gasteiger charge is -2.23. The van der Waals surface area contributed by atoms with E-state index in [0.29, 0.717) is 12.1 Å². The number of hydrogen-bond acceptors (Lipinski definition) is 5. The van der Waals surface area contributed by atoms with Crippen molar-refractivity contribution in [1.82, 2.24) is 4.31 Å². The van der Waals surface area contributed by atoms with Gasteiger partial charge in [0.05, 0.1) is 7.11 Å². The molecule has 0 heterocycles. The molecule has 0 atom stereocenters. The van der Waals surface area contributed by atoms with E-state index in [9.17, 15) is 13.2 Å². The maximum absolute atomic E-state index is 13.2. The first-order chi connectivity index (χ1) is 12.9. The highest BCUT2D eigenvalue weighted by molar-refractivity contribution is 7.89. The maximum atomic E-state index is 13.2. The lowest BCUT2D eigenvalue weighted by Crippen LogP contribution is -2.37. The minimum atomic E-state index is -3.86. The van der Waals surface area contributed by atoms with E-state index in [0.717, 1.165) is 5.56 Å². The van der Waals surface area contributed by atoms with Gasteiger partial charge in [0.25, 0.3) is 0 Å². The van der Waals surface area contributed by atoms with E-state index in [-0.39, 0.29) is 48.6 Å². The Labute approximate surface area is 172 Å². The first kappa shape index (κ1) is 23.9. The molecule has 154 valence electrons. The monoisotopic (exact) mass is 427 g/mol. The molecular formula is C19H26ClN3O4S. The molecule has 0 bridgehead atoms. The van der Waals surface area contributed by atoms with Crippen LogP contribution in [0.5, 0.6) is 5.75 Å². The van der Waals surface area contributed by atoms with Gasteiger partial charge in [-0.25, -0.2) is 8.42 Å². The van der Waals surface area contributed by atoms with Crippen molar-refractivity contribution >= 4 is 34.0 Å². The van der Waals surface area contributed by atoms with Gasteiger partial charge in [0, 0.05) is 32.2 Å². The summed E-state index contributed by atoms with van der Waals surface area (Å²) in [6, 6.07) is 14.2. The highest BCUT2D eigenvalue weighted by atomic mass is 35.5. The molecule has 1 amide bonds. The predicted molar refractivity (Wildman–Crippen MR) is 113 cm³/mol. The molecular weight excluding hydrogens is 402 g/mol. The Bertz CT molecular complexity index is 876. The molecule has 0 saturated carbocycles. The van der Waals surface area contributed by atoms with Crippen LogP contribution in [0.3, 0.4) is 0 Å². The Morgan fingerprint density at radius 1 is 1.14 bits per heavy atom. The lowest BCUT2D eigenvalue weighted by molar-refractivity contribution is -0.114. The van der Waals surface area contributed by atoms with Gasteiger partial charge in [-0.05, 0) is 30.2 Å². The average molecular weight is 428 g/mol. The van der Waals surface area contributed by atoms with Gasteiger partial charge < -0.3 is 15.8 Å². The molecule has 7 nitrogen and oxygen atoms in total. The Morgan fingerprint density at radius 2 is 1.82 bits per heavy atom. The Kier molecular flexibility index (Phi) is 9.40. The number of carbonyl (C=O) groups is 1. The number of carbonyl (C=O) groups excluding carboxylic acids is 1. The fourth-order valence-corrected chi connectivity index (χ4v) is 4.33. The number of amides is 1. The van der Waals surface area contributed by atoms with Crippen LogP contribution in [0.25, 0.3) is 0 Å². The summed E-state index contributed by atoms with van der Waals surface area (Å²) in [5, 5.41) is 2.60. The molecule has 0 unspecified atom stereocenters. The van der Waals surface area contributed by atoms with Crippen LogP contribution in [0.2, 0.25) is 0 Å². The van der Waals surface area contributed by atoms with E-state index in [2.05, 4.69) is 5.32 Å². The van der Waals surface area contributed by atoms with Crippen molar-refractivity contribution in [2.45, 2.75) is 18.2 Å². The molecule has 0 aliphatic heterocycles. The summed E-state index contributed by atoms with van der Waals surface area (Å²) in [4.78, 5) is 11.3. The molecule has 0 radical (unpaired) electrons. The predicted octanol–water partition coefficient (Wildman–Crippen LogP) is 2.27. The molecule has 0 spiro atoms. The van der Waals surface area contributed by atoms with Gasteiger partial charge in [0.2, 0.25) is 15.9 Å². The van der Waals surface area contributed by atoms with Crippen molar-refractivity contribution in [3.63, 3.8) is 0 Å². The zero-order valence-corrected chi connectivity index (χ0v) is 17.6. The minimum Gasteiger partial charge on any atom is -0.495 e. The number of anilines is 1. The highest BCUT2D eigenvalue weighted by Gasteiger charge is 2.27. The van der Waals surface area contributed by atoms with Crippen LogP contribution < -0.4 is 15.8 Å². The third-order valence-electron chi connectivity index (χ3n) is 3.97. The van der Waals surface area contributed by atoms with Crippen molar-refractivity contribution < 1.29 is 17.9 Å². The number of benzene rings is 2. The summed E-state index contributed by atoms with van der Waals surface area (Å²) in [6.07, 6.45) is 0.563. The second kappa shape index (κ2) is 11.0. The number of nitrogens with one attached hydrogen (secondary N) is 1. The first-order valence-corrected chi connectivity index (χ1v) is 10.0. The number of nitrogens with zero attached hydrogens (tertiary/aromatic N) is 1. The van der Waals surface area contributed by atoms with Crippen LogP contribution in [0.4, 0.5) is 5.69 Å². The van der Waals surface area contributed by atoms with E-state index in [4.69, 9.17) is 10.5 Å². The Balaban J connectivity index is 0.00000392. The van der Waals surface area contributed by atoms with Gasteiger partial charge >= 0.3 is 0 Å². The van der Waals surface area contributed by atoms with Crippen molar-refractivity contribution in [2.75, 3.05) is 32.1 Å². The van der Waals surface area contributed by atoms with Gasteiger partial charge in [0.1, 0.15) is 10.6 Å². The van der Waals surface area contributed by atoms with Crippen LogP contribution in [0.1, 0.15) is 12.5 Å². The summed E-state index contributed by atoms with van der Waals surface area (Å²) < 4.78 is 33.1. The van der Waals surface area contributed by atoms with E-state index < -0.39 is 10.0 Å². The number of hydrogen-bond donors (Lipinski definition) is 2. The SMILES string of the molecule is COc1ccc(NC(C)=O)cc1S(=O)(=O)N(CCN)CCc1ccccc1.Cl. The van der Waals surface area contributed by atoms with Crippen LogP contribution in [0.15, 0.2) is 53.4 Å². The zero-order chi connectivity index (χ0) is 19.9. The van der Waals surface area contributed by atoms with Gasteiger partial charge in [-0.15, -0.1) is 12.4 Å². The lowest BCUT2D eigenvalue weighted by atomic mass is 10.1. The van der Waals surface area contributed by atoms with Crippen molar-refractivity contribution in [1.29, 1.82) is 0 Å². The van der Waals surface area contributed by atoms with Gasteiger partial charge in [-0.3, -0.25) is 4.79 Å². The van der Waals surface area contributed by atoms with Crippen LogP contribution >= 0.6 is 12.4 Å². The summed E-state index contributed by atoms with van der Waals surface area (Å²) in [5.41, 5.74) is 7.07. The number of ether oxygens (including phenoxy) is 1. The summed E-state index contributed by atoms with van der Waals surface area (Å²) in [7, 11) is -2.45. The first-order valence-electron chi connectivity index (χ1n) is 8.58. The zero-order valence-electron chi connectivity index (χ0n) is 15.9. The number of halogens is 1. The van der Waals surface area contributed by atoms with Crippen LogP contribution in [0, 0.1) is 0 Å². The Morgan fingerprint density at radius 3 is 2.39 bits per heavy atom. The smallest absolute Gasteiger partial charge is 0.246 e. The van der Waals surface area contributed by atoms with Crippen molar-refractivity contribution in [3.05, 3.63) is 54.1 Å². The quantitative estimate of drug-likeness (QED) is 0.639. The summed E-state index contributed by atoms with van der Waals surface area (Å²) in [5.74, 6) is -0.0720. The van der Waals surface area contributed by atoms with Crippen LogP contribution in [-0.4, -0.2) is 45.4 Å². The third-order valence-corrected chi connectivity index (χ3v) is 5.89. The molecule has 2 aromatic carbocycles. The van der Waals surface area contributed by atoms with Gasteiger partial charge in [-0.1, -0.05) is 30.3 Å². The molecule has 3 N–H and O–H groups in total. The molecule has 2 aromatic rings. The second-order valence-corrected chi connectivity index (χ2v) is 7.88. The standard InChI is InChI=1S/C19H25N3O4S.ClH/c1-15(23)21-17-8-9-18(26-2)19(14-17)27(24,25)22(13-11-20)12-10-16-6-4-3-5-7-16;/h3-9,14H,10-13,20H2,1-2H3,(H,21,23);1H. The van der Waals surface area contributed by atoms with Crippen molar-refractivity contribution in [2.24, 2.45) is 5.73 Å². The van der Waals surface area contributed by atoms with E-state index in [1.54, 1.807) is 6.07 Å². The molecule has 0 aliphatic rings. The molecule has 9 heteroatoms. The normalized spacial score (nSPS) is 11.0. The summed E-state index contributed by atoms with van der Waals surface area (Å²) in [6.45, 7) is 2.03. The molecule has 0 aliphatic carbocycles. The fraction of sp³-hybridized carbons (Fsp3) is 0.316. The summed E-state index contributed by atoms with van der Waals surface area (Å²) >= 11 is 0. The third kappa shape index (κ3) is 6.20. The number of methoxy groups -OCH3 is 1. The second-order valence-electron chi connectivity index (χ2n) is 5.98. The average Bonchev–Trinajstić information content (AvgIpc) is 2.65. The minimum absolute atomic E-state index is 0. The number of sulfonamides is 1. The molecule has 0 fully saturated rings. The highest BCUT2D eigenvalue weighted by Crippen LogP contribution is 2.30. The number of rotatable bonds is 9. The van der Waals surface area contributed by atoms with E-state index in [1.165, 1.54) is 30.5 Å². The fourth-order valence-electron chi connectivity index (χ4n) is 2.69. The molecule has 28 heavy (non-hydrogen) atoms. The van der Waals surface area contributed by atoms with Gasteiger partial charge in [-0.2, -0.15) is 4.31 Å². The molecule has 0 saturated heterocycles. The van der Waals surface area contributed by atoms with E-state index in [1.807, 2.05) is 30.3 Å². The van der Waals surface area contributed by atoms with E-state index >= 15 is 0 Å². The Hall–Kier alpha value is -2.13. The largest absolute Gasteiger partial charge is 0.495 e. The topological polar surface area (TPSA) is 102 Å². The maximum Gasteiger partial charge on any atom is 0.246 e.